The Kier molecular flexibility index (Phi) is 3.82. The first-order chi connectivity index (χ1) is 8.08. The Balaban J connectivity index is 2.18. The molecule has 1 aliphatic heterocycles. The molecule has 3 nitrogen and oxygen atoms in total. The summed E-state index contributed by atoms with van der Waals surface area (Å²) in [5.74, 6) is 0. The van der Waals surface area contributed by atoms with Gasteiger partial charge in [0.15, 0.2) is 0 Å². The fraction of sp³-hybridized carbons (Fsp3) is 0.571. The number of hydrogen-bond donors (Lipinski definition) is 1. The van der Waals surface area contributed by atoms with E-state index < -0.39 is 0 Å². The molecule has 0 radical (unpaired) electrons. The van der Waals surface area contributed by atoms with Crippen molar-refractivity contribution in [2.45, 2.75) is 26.0 Å². The molecule has 2 rings (SSSR count). The van der Waals surface area contributed by atoms with Crippen molar-refractivity contribution in [1.29, 1.82) is 0 Å². The van der Waals surface area contributed by atoms with E-state index in [0.717, 1.165) is 19.7 Å². The number of likely N-dealkylation sites (N-methyl/N-ethyl adjacent to an activating group) is 1. The van der Waals surface area contributed by atoms with Crippen molar-refractivity contribution < 1.29 is 4.74 Å². The molecule has 1 aliphatic rings. The molecular weight excluding hydrogens is 212 g/mol. The second-order valence-corrected chi connectivity index (χ2v) is 5.06. The molecule has 17 heavy (non-hydrogen) atoms. The van der Waals surface area contributed by atoms with Gasteiger partial charge in [0.2, 0.25) is 0 Å². The highest BCUT2D eigenvalue weighted by Gasteiger charge is 2.26. The van der Waals surface area contributed by atoms with E-state index in [4.69, 9.17) is 10.5 Å². The van der Waals surface area contributed by atoms with Gasteiger partial charge in [-0.2, -0.15) is 0 Å². The summed E-state index contributed by atoms with van der Waals surface area (Å²) in [6.07, 6.45) is 0.106. The van der Waals surface area contributed by atoms with E-state index in [-0.39, 0.29) is 12.1 Å². The van der Waals surface area contributed by atoms with Crippen LogP contribution < -0.4 is 5.73 Å². The van der Waals surface area contributed by atoms with E-state index in [1.165, 1.54) is 16.7 Å². The van der Waals surface area contributed by atoms with Crippen LogP contribution in [0.1, 0.15) is 22.7 Å². The average Bonchev–Trinajstić information content (AvgIpc) is 2.31. The smallest absolute Gasteiger partial charge is 0.0894 e. The lowest BCUT2D eigenvalue weighted by atomic mass is 9.95. The molecular formula is C14H22N2O. The largest absolute Gasteiger partial charge is 0.374 e. The zero-order valence-electron chi connectivity index (χ0n) is 10.9. The van der Waals surface area contributed by atoms with Crippen LogP contribution in [0.2, 0.25) is 0 Å². The van der Waals surface area contributed by atoms with Crippen molar-refractivity contribution in [1.82, 2.24) is 4.90 Å². The van der Waals surface area contributed by atoms with Crippen molar-refractivity contribution >= 4 is 0 Å². The molecule has 0 aliphatic carbocycles. The van der Waals surface area contributed by atoms with Gasteiger partial charge in [-0.3, -0.25) is 0 Å². The number of rotatable bonds is 2. The minimum Gasteiger partial charge on any atom is -0.374 e. The van der Waals surface area contributed by atoms with Gasteiger partial charge in [-0.1, -0.05) is 23.8 Å². The second kappa shape index (κ2) is 5.17. The van der Waals surface area contributed by atoms with Gasteiger partial charge >= 0.3 is 0 Å². The summed E-state index contributed by atoms with van der Waals surface area (Å²) < 4.78 is 5.79. The highest BCUT2D eigenvalue weighted by Crippen LogP contribution is 2.23. The lowest BCUT2D eigenvalue weighted by Crippen LogP contribution is -2.45. The molecule has 3 heteroatoms. The lowest BCUT2D eigenvalue weighted by molar-refractivity contribution is -0.0327. The quantitative estimate of drug-likeness (QED) is 0.845. The first kappa shape index (κ1) is 12.6. The number of ether oxygens (including phenoxy) is 1. The highest BCUT2D eigenvalue weighted by molar-refractivity contribution is 5.33. The summed E-state index contributed by atoms with van der Waals surface area (Å²) in [7, 11) is 2.12. The van der Waals surface area contributed by atoms with E-state index in [1.54, 1.807) is 0 Å². The number of morpholine rings is 1. The van der Waals surface area contributed by atoms with Gasteiger partial charge in [-0.25, -0.2) is 0 Å². The van der Waals surface area contributed by atoms with Crippen LogP contribution in [0, 0.1) is 13.8 Å². The minimum absolute atomic E-state index is 0.0300. The normalized spacial score (nSPS) is 23.6. The monoisotopic (exact) mass is 234 g/mol. The van der Waals surface area contributed by atoms with Crippen molar-refractivity contribution in [3.63, 3.8) is 0 Å². The second-order valence-electron chi connectivity index (χ2n) is 5.06. The van der Waals surface area contributed by atoms with Gasteiger partial charge in [-0.15, -0.1) is 0 Å². The van der Waals surface area contributed by atoms with E-state index in [9.17, 15) is 0 Å². The lowest BCUT2D eigenvalue weighted by Gasteiger charge is -2.34. The average molecular weight is 234 g/mol. The van der Waals surface area contributed by atoms with E-state index in [2.05, 4.69) is 44.0 Å². The van der Waals surface area contributed by atoms with Gasteiger partial charge in [0.05, 0.1) is 18.8 Å². The zero-order chi connectivity index (χ0) is 12.4. The summed E-state index contributed by atoms with van der Waals surface area (Å²) >= 11 is 0. The number of nitrogens with two attached hydrogens (primary N) is 1. The summed E-state index contributed by atoms with van der Waals surface area (Å²) in [5, 5.41) is 0. The van der Waals surface area contributed by atoms with Crippen LogP contribution in [0.3, 0.4) is 0 Å². The van der Waals surface area contributed by atoms with Crippen LogP contribution in [0.25, 0.3) is 0 Å². The molecule has 1 heterocycles. The SMILES string of the molecule is Cc1ccc(C)c(C(N)C2CN(C)CCO2)c1. The molecule has 0 spiro atoms. The summed E-state index contributed by atoms with van der Waals surface area (Å²) in [5.41, 5.74) is 10.1. The topological polar surface area (TPSA) is 38.5 Å². The molecule has 0 aromatic heterocycles. The predicted molar refractivity (Wildman–Crippen MR) is 70.1 cm³/mol. The van der Waals surface area contributed by atoms with Crippen LogP contribution in [0.15, 0.2) is 18.2 Å². The summed E-state index contributed by atoms with van der Waals surface area (Å²) in [6.45, 7) is 6.90. The fourth-order valence-electron chi connectivity index (χ4n) is 2.35. The van der Waals surface area contributed by atoms with E-state index >= 15 is 0 Å². The fourth-order valence-corrected chi connectivity index (χ4v) is 2.35. The maximum atomic E-state index is 6.35. The maximum Gasteiger partial charge on any atom is 0.0894 e. The van der Waals surface area contributed by atoms with Gasteiger partial charge in [0.1, 0.15) is 0 Å². The first-order valence-corrected chi connectivity index (χ1v) is 6.21. The molecule has 2 unspecified atom stereocenters. The standard InChI is InChI=1S/C14H22N2O/c1-10-4-5-11(2)12(8-10)14(15)13-9-16(3)6-7-17-13/h4-5,8,13-14H,6-7,9,15H2,1-3H3. The molecule has 1 aromatic carbocycles. The number of nitrogens with zero attached hydrogens (tertiary/aromatic N) is 1. The molecule has 94 valence electrons. The molecule has 0 amide bonds. The van der Waals surface area contributed by atoms with Crippen LogP contribution >= 0.6 is 0 Å². The molecule has 0 saturated carbocycles. The number of aryl methyl sites for hydroxylation is 2. The van der Waals surface area contributed by atoms with Crippen LogP contribution in [0.5, 0.6) is 0 Å². The van der Waals surface area contributed by atoms with Gasteiger partial charge < -0.3 is 15.4 Å². The Hall–Kier alpha value is -0.900. The van der Waals surface area contributed by atoms with Crippen molar-refractivity contribution in [3.05, 3.63) is 34.9 Å². The third kappa shape index (κ3) is 2.86. The number of hydrogen-bond acceptors (Lipinski definition) is 3. The Morgan fingerprint density at radius 2 is 2.18 bits per heavy atom. The van der Waals surface area contributed by atoms with E-state index in [1.807, 2.05) is 0 Å². The molecule has 1 fully saturated rings. The summed E-state index contributed by atoms with van der Waals surface area (Å²) in [4.78, 5) is 2.28. The summed E-state index contributed by atoms with van der Waals surface area (Å²) in [6, 6.07) is 6.41. The third-order valence-electron chi connectivity index (χ3n) is 3.49. The van der Waals surface area contributed by atoms with Crippen molar-refractivity contribution in [2.24, 2.45) is 5.73 Å². The molecule has 1 saturated heterocycles. The van der Waals surface area contributed by atoms with Gasteiger partial charge in [0.25, 0.3) is 0 Å². The molecule has 2 N–H and O–H groups in total. The Labute approximate surface area is 104 Å². The van der Waals surface area contributed by atoms with Crippen molar-refractivity contribution in [2.75, 3.05) is 26.7 Å². The third-order valence-corrected chi connectivity index (χ3v) is 3.49. The molecule has 2 atom stereocenters. The predicted octanol–water partition coefficient (Wildman–Crippen LogP) is 1.63. The first-order valence-electron chi connectivity index (χ1n) is 6.21. The minimum atomic E-state index is -0.0300. The van der Waals surface area contributed by atoms with Gasteiger partial charge in [-0.05, 0) is 32.0 Å². The molecule has 0 bridgehead atoms. The van der Waals surface area contributed by atoms with Crippen LogP contribution in [0.4, 0.5) is 0 Å². The Morgan fingerprint density at radius 3 is 2.88 bits per heavy atom. The zero-order valence-corrected chi connectivity index (χ0v) is 10.9. The van der Waals surface area contributed by atoms with E-state index in [0.29, 0.717) is 0 Å². The Bertz CT molecular complexity index is 392. The van der Waals surface area contributed by atoms with Crippen molar-refractivity contribution in [3.8, 4) is 0 Å². The number of benzene rings is 1. The molecule has 1 aromatic rings. The van der Waals surface area contributed by atoms with Gasteiger partial charge in [0, 0.05) is 13.1 Å². The van der Waals surface area contributed by atoms with Crippen LogP contribution in [-0.4, -0.2) is 37.7 Å². The Morgan fingerprint density at radius 1 is 1.41 bits per heavy atom. The maximum absolute atomic E-state index is 6.35. The highest BCUT2D eigenvalue weighted by atomic mass is 16.5. The van der Waals surface area contributed by atoms with Crippen LogP contribution in [-0.2, 0) is 4.74 Å².